The Morgan fingerprint density at radius 3 is 2.52 bits per heavy atom. The Bertz CT molecular complexity index is 708. The second-order valence-corrected chi connectivity index (χ2v) is 7.22. The number of halogens is 1. The Labute approximate surface area is 155 Å². The molecule has 0 aromatic heterocycles. The molecule has 0 spiro atoms. The van der Waals surface area contributed by atoms with Crippen LogP contribution in [0.5, 0.6) is 0 Å². The Hall–Kier alpha value is -1.84. The summed E-state index contributed by atoms with van der Waals surface area (Å²) in [6.07, 6.45) is 3.93. The molecule has 2 aromatic carbocycles. The van der Waals surface area contributed by atoms with E-state index in [-0.39, 0.29) is 11.9 Å². The third-order valence-corrected chi connectivity index (χ3v) is 5.00. The van der Waals surface area contributed by atoms with Gasteiger partial charge < -0.3 is 5.32 Å². The molecule has 1 amide bonds. The van der Waals surface area contributed by atoms with Gasteiger partial charge in [0.1, 0.15) is 0 Å². The first-order valence-corrected chi connectivity index (χ1v) is 9.37. The number of nitrogens with zero attached hydrogens (tertiary/aromatic N) is 1. The predicted molar refractivity (Wildman–Crippen MR) is 103 cm³/mol. The maximum Gasteiger partial charge on any atom is 0.251 e. The van der Waals surface area contributed by atoms with Crippen LogP contribution >= 0.6 is 11.6 Å². The van der Waals surface area contributed by atoms with Crippen molar-refractivity contribution in [2.45, 2.75) is 38.8 Å². The summed E-state index contributed by atoms with van der Waals surface area (Å²) in [4.78, 5) is 14.9. The second-order valence-electron chi connectivity index (χ2n) is 6.78. The molecule has 132 valence electrons. The van der Waals surface area contributed by atoms with Gasteiger partial charge in [-0.05, 0) is 68.2 Å². The van der Waals surface area contributed by atoms with E-state index in [0.29, 0.717) is 10.6 Å². The monoisotopic (exact) mass is 356 g/mol. The topological polar surface area (TPSA) is 32.3 Å². The first-order valence-electron chi connectivity index (χ1n) is 8.99. The Morgan fingerprint density at radius 1 is 1.12 bits per heavy atom. The second kappa shape index (κ2) is 8.50. The van der Waals surface area contributed by atoms with Crippen molar-refractivity contribution in [3.8, 4) is 0 Å². The number of piperidine rings is 1. The number of nitrogens with one attached hydrogen (secondary N) is 1. The Kier molecular flexibility index (Phi) is 6.11. The number of hydrogen-bond donors (Lipinski definition) is 1. The van der Waals surface area contributed by atoms with Crippen molar-refractivity contribution in [3.63, 3.8) is 0 Å². The lowest BCUT2D eigenvalue weighted by Crippen LogP contribution is -2.29. The van der Waals surface area contributed by atoms with E-state index in [2.05, 4.69) is 22.3 Å². The summed E-state index contributed by atoms with van der Waals surface area (Å²) in [5.74, 6) is -0.0583. The van der Waals surface area contributed by atoms with E-state index in [4.69, 9.17) is 11.6 Å². The molecule has 1 saturated heterocycles. The molecule has 1 N–H and O–H groups in total. The minimum Gasteiger partial charge on any atom is -0.346 e. The average Bonchev–Trinajstić information content (AvgIpc) is 2.63. The first kappa shape index (κ1) is 18.0. The van der Waals surface area contributed by atoms with E-state index in [1.807, 2.05) is 43.3 Å². The molecular weight excluding hydrogens is 332 g/mol. The number of benzene rings is 2. The van der Waals surface area contributed by atoms with E-state index in [1.165, 1.54) is 37.9 Å². The van der Waals surface area contributed by atoms with E-state index in [1.54, 1.807) is 0 Å². The molecule has 0 unspecified atom stereocenters. The van der Waals surface area contributed by atoms with E-state index >= 15 is 0 Å². The van der Waals surface area contributed by atoms with Gasteiger partial charge in [-0.15, -0.1) is 0 Å². The third kappa shape index (κ3) is 5.07. The average molecular weight is 357 g/mol. The minimum absolute atomic E-state index is 0.0583. The maximum absolute atomic E-state index is 12.5. The fourth-order valence-corrected chi connectivity index (χ4v) is 3.48. The summed E-state index contributed by atoms with van der Waals surface area (Å²) in [5, 5.41) is 3.71. The number of carbonyl (C=O) groups is 1. The van der Waals surface area contributed by atoms with Crippen molar-refractivity contribution < 1.29 is 4.79 Å². The fourth-order valence-electron chi connectivity index (χ4n) is 3.28. The van der Waals surface area contributed by atoms with Gasteiger partial charge in [-0.3, -0.25) is 9.69 Å². The molecule has 0 saturated carbocycles. The number of hydrogen-bond acceptors (Lipinski definition) is 2. The predicted octanol–water partition coefficient (Wildman–Crippen LogP) is 4.82. The third-order valence-electron chi connectivity index (χ3n) is 4.77. The molecule has 2 aromatic rings. The largest absolute Gasteiger partial charge is 0.346 e. The summed E-state index contributed by atoms with van der Waals surface area (Å²) < 4.78 is 0. The van der Waals surface area contributed by atoms with Crippen molar-refractivity contribution in [1.82, 2.24) is 10.2 Å². The zero-order valence-electron chi connectivity index (χ0n) is 14.7. The molecule has 0 radical (unpaired) electrons. The van der Waals surface area contributed by atoms with Gasteiger partial charge >= 0.3 is 0 Å². The lowest BCUT2D eigenvalue weighted by atomic mass is 10.1. The Balaban J connectivity index is 1.58. The molecule has 1 atom stereocenters. The normalized spacial score (nSPS) is 16.4. The van der Waals surface area contributed by atoms with Crippen molar-refractivity contribution in [2.75, 3.05) is 13.1 Å². The van der Waals surface area contributed by atoms with Gasteiger partial charge in [-0.25, -0.2) is 0 Å². The summed E-state index contributed by atoms with van der Waals surface area (Å²) >= 11 is 6.02. The van der Waals surface area contributed by atoms with Crippen molar-refractivity contribution in [2.24, 2.45) is 0 Å². The van der Waals surface area contributed by atoms with E-state index in [0.717, 1.165) is 12.1 Å². The number of amides is 1. The van der Waals surface area contributed by atoms with Gasteiger partial charge in [-0.2, -0.15) is 0 Å². The van der Waals surface area contributed by atoms with E-state index < -0.39 is 0 Å². The lowest BCUT2D eigenvalue weighted by Gasteiger charge is -2.26. The maximum atomic E-state index is 12.5. The number of rotatable bonds is 5. The Morgan fingerprint density at radius 2 is 1.84 bits per heavy atom. The minimum atomic E-state index is -0.0840. The van der Waals surface area contributed by atoms with Gasteiger partial charge in [0.15, 0.2) is 0 Å². The quantitative estimate of drug-likeness (QED) is 0.833. The number of carbonyl (C=O) groups excluding carboxylic acids is 1. The van der Waals surface area contributed by atoms with Crippen molar-refractivity contribution >= 4 is 17.5 Å². The standard InChI is InChI=1S/C21H25ClN2O/c1-16(19-6-5-7-20(22)14-19)23-21(25)18-10-8-17(9-11-18)15-24-12-3-2-4-13-24/h5-11,14,16H,2-4,12-13,15H2,1H3,(H,23,25)/t16-/m0/s1. The van der Waals surface area contributed by atoms with Crippen molar-refractivity contribution in [3.05, 3.63) is 70.2 Å². The van der Waals surface area contributed by atoms with E-state index in [9.17, 15) is 4.79 Å². The van der Waals surface area contributed by atoms with Gasteiger partial charge in [0, 0.05) is 17.1 Å². The lowest BCUT2D eigenvalue weighted by molar-refractivity contribution is 0.0940. The van der Waals surface area contributed by atoms with Crippen LogP contribution < -0.4 is 5.32 Å². The summed E-state index contributed by atoms with van der Waals surface area (Å²) in [5.41, 5.74) is 2.96. The van der Waals surface area contributed by atoms with Gasteiger partial charge in [0.25, 0.3) is 5.91 Å². The van der Waals surface area contributed by atoms with Gasteiger partial charge in [-0.1, -0.05) is 42.3 Å². The molecule has 0 aliphatic carbocycles. The fraction of sp³-hybridized carbons (Fsp3) is 0.381. The van der Waals surface area contributed by atoms with Gasteiger partial charge in [0.05, 0.1) is 6.04 Å². The van der Waals surface area contributed by atoms with Crippen LogP contribution in [0.25, 0.3) is 0 Å². The SMILES string of the molecule is C[C@H](NC(=O)c1ccc(CN2CCCCC2)cc1)c1cccc(Cl)c1. The molecule has 1 heterocycles. The highest BCUT2D eigenvalue weighted by atomic mass is 35.5. The van der Waals surface area contributed by atoms with Crippen LogP contribution in [0.4, 0.5) is 0 Å². The van der Waals surface area contributed by atoms with Crippen LogP contribution in [0, 0.1) is 0 Å². The molecule has 1 aliphatic heterocycles. The van der Waals surface area contributed by atoms with Crippen molar-refractivity contribution in [1.29, 1.82) is 0 Å². The molecular formula is C21H25ClN2O. The first-order chi connectivity index (χ1) is 12.1. The summed E-state index contributed by atoms with van der Waals surface area (Å²) in [7, 11) is 0. The van der Waals surface area contributed by atoms with Gasteiger partial charge in [0.2, 0.25) is 0 Å². The molecule has 3 rings (SSSR count). The molecule has 0 bridgehead atoms. The highest BCUT2D eigenvalue weighted by Crippen LogP contribution is 2.18. The smallest absolute Gasteiger partial charge is 0.251 e. The molecule has 3 nitrogen and oxygen atoms in total. The molecule has 25 heavy (non-hydrogen) atoms. The number of likely N-dealkylation sites (tertiary alicyclic amines) is 1. The molecule has 1 aliphatic rings. The zero-order valence-corrected chi connectivity index (χ0v) is 15.4. The summed E-state index contributed by atoms with van der Waals surface area (Å²) in [6.45, 7) is 5.30. The zero-order chi connectivity index (χ0) is 17.6. The summed E-state index contributed by atoms with van der Waals surface area (Å²) in [6, 6.07) is 15.5. The van der Waals surface area contributed by atoms with Crippen LogP contribution in [-0.4, -0.2) is 23.9 Å². The molecule has 4 heteroatoms. The van der Waals surface area contributed by atoms with Crippen LogP contribution in [0.2, 0.25) is 5.02 Å². The molecule has 1 fully saturated rings. The highest BCUT2D eigenvalue weighted by Gasteiger charge is 2.13. The highest BCUT2D eigenvalue weighted by molar-refractivity contribution is 6.30. The van der Waals surface area contributed by atoms with Crippen LogP contribution in [0.3, 0.4) is 0 Å². The van der Waals surface area contributed by atoms with Crippen LogP contribution in [-0.2, 0) is 6.54 Å². The van der Waals surface area contributed by atoms with Crippen LogP contribution in [0.15, 0.2) is 48.5 Å². The van der Waals surface area contributed by atoms with Crippen LogP contribution in [0.1, 0.15) is 53.7 Å².